The molecule has 156 valence electrons. The first kappa shape index (κ1) is 20.2. The van der Waals surface area contributed by atoms with E-state index in [1.807, 2.05) is 19.1 Å². The van der Waals surface area contributed by atoms with Crippen molar-refractivity contribution < 1.29 is 17.6 Å². The molecular formula is C23H24N2O4S. The Bertz CT molecular complexity index is 1150. The van der Waals surface area contributed by atoms with Crippen LogP contribution in [0, 0.1) is 6.92 Å². The fourth-order valence-electron chi connectivity index (χ4n) is 3.76. The molecule has 1 amide bonds. The van der Waals surface area contributed by atoms with Crippen LogP contribution in [0.15, 0.2) is 70.2 Å². The normalized spacial score (nSPS) is 13.7. The van der Waals surface area contributed by atoms with Crippen LogP contribution in [0.5, 0.6) is 0 Å². The number of nitrogens with zero attached hydrogens (tertiary/aromatic N) is 2. The van der Waals surface area contributed by atoms with E-state index >= 15 is 0 Å². The Morgan fingerprint density at radius 2 is 1.90 bits per heavy atom. The fraction of sp³-hybridized carbons (Fsp3) is 0.261. The third-order valence-electron chi connectivity index (χ3n) is 5.34. The molecule has 0 bridgehead atoms. The number of hydrogen-bond acceptors (Lipinski definition) is 4. The Hall–Kier alpha value is -3.06. The van der Waals surface area contributed by atoms with Crippen LogP contribution in [0.25, 0.3) is 0 Å². The average molecular weight is 425 g/mol. The first-order valence-corrected chi connectivity index (χ1v) is 11.3. The highest BCUT2D eigenvalue weighted by molar-refractivity contribution is 7.92. The molecule has 0 saturated carbocycles. The number of carbonyl (C=O) groups is 1. The smallest absolute Gasteiger partial charge is 0.264 e. The molecule has 0 saturated heterocycles. The molecule has 0 aliphatic carbocycles. The summed E-state index contributed by atoms with van der Waals surface area (Å²) in [5.41, 5.74) is 3.28. The molecule has 0 atom stereocenters. The molecule has 0 fully saturated rings. The highest BCUT2D eigenvalue weighted by Crippen LogP contribution is 2.32. The fourth-order valence-corrected chi connectivity index (χ4v) is 5.24. The standard InChI is InChI=1S/C23H24N2O4S/c1-17-7-9-20(10-8-17)25(16-21-6-4-14-29-21)30(27,28)22-11-12-23-19(15-22)5-3-13-24(23)18(2)26/h4,6-12,14-15H,3,5,13,16H2,1-2H3. The van der Waals surface area contributed by atoms with Gasteiger partial charge in [0, 0.05) is 19.2 Å². The lowest BCUT2D eigenvalue weighted by Gasteiger charge is -2.30. The van der Waals surface area contributed by atoms with Crippen LogP contribution in [-0.4, -0.2) is 20.9 Å². The lowest BCUT2D eigenvalue weighted by Crippen LogP contribution is -2.34. The van der Waals surface area contributed by atoms with Gasteiger partial charge in [0.2, 0.25) is 5.91 Å². The summed E-state index contributed by atoms with van der Waals surface area (Å²) >= 11 is 0. The Labute approximate surface area is 176 Å². The van der Waals surface area contributed by atoms with E-state index in [-0.39, 0.29) is 17.3 Å². The molecule has 1 aliphatic rings. The lowest BCUT2D eigenvalue weighted by molar-refractivity contribution is -0.116. The molecule has 0 radical (unpaired) electrons. The van der Waals surface area contributed by atoms with E-state index in [9.17, 15) is 13.2 Å². The maximum atomic E-state index is 13.6. The van der Waals surface area contributed by atoms with Gasteiger partial charge in [-0.3, -0.25) is 9.10 Å². The summed E-state index contributed by atoms with van der Waals surface area (Å²) in [6.45, 7) is 4.24. The number of carbonyl (C=O) groups excluding carboxylic acids is 1. The van der Waals surface area contributed by atoms with Crippen LogP contribution in [-0.2, 0) is 27.8 Å². The second-order valence-corrected chi connectivity index (χ2v) is 9.35. The molecule has 6 nitrogen and oxygen atoms in total. The summed E-state index contributed by atoms with van der Waals surface area (Å²) in [5, 5.41) is 0. The molecule has 3 aromatic rings. The number of sulfonamides is 1. The highest BCUT2D eigenvalue weighted by atomic mass is 32.2. The molecule has 0 N–H and O–H groups in total. The topological polar surface area (TPSA) is 70.8 Å². The van der Waals surface area contributed by atoms with E-state index in [2.05, 4.69) is 0 Å². The van der Waals surface area contributed by atoms with Crippen LogP contribution in [0.3, 0.4) is 0 Å². The molecule has 2 aromatic carbocycles. The summed E-state index contributed by atoms with van der Waals surface area (Å²) in [6, 6.07) is 15.9. The van der Waals surface area contributed by atoms with Gasteiger partial charge in [-0.25, -0.2) is 8.42 Å². The first-order chi connectivity index (χ1) is 14.4. The van der Waals surface area contributed by atoms with E-state index in [1.165, 1.54) is 17.5 Å². The summed E-state index contributed by atoms with van der Waals surface area (Å²) < 4.78 is 34.1. The summed E-state index contributed by atoms with van der Waals surface area (Å²) in [4.78, 5) is 13.8. The number of benzene rings is 2. The molecule has 1 aromatic heterocycles. The molecule has 1 aliphatic heterocycles. The molecule has 0 spiro atoms. The number of anilines is 2. The quantitative estimate of drug-likeness (QED) is 0.613. The van der Waals surface area contributed by atoms with Crippen molar-refractivity contribution in [3.05, 3.63) is 77.7 Å². The number of fused-ring (bicyclic) bond motifs is 1. The summed E-state index contributed by atoms with van der Waals surface area (Å²) in [7, 11) is -3.84. The van der Waals surface area contributed by atoms with Crippen molar-refractivity contribution in [3.8, 4) is 0 Å². The first-order valence-electron chi connectivity index (χ1n) is 9.89. The lowest BCUT2D eigenvalue weighted by atomic mass is 10.0. The van der Waals surface area contributed by atoms with Crippen LogP contribution in [0.1, 0.15) is 30.2 Å². The highest BCUT2D eigenvalue weighted by Gasteiger charge is 2.28. The predicted molar refractivity (Wildman–Crippen MR) is 116 cm³/mol. The average Bonchev–Trinajstić information content (AvgIpc) is 3.25. The Morgan fingerprint density at radius 1 is 1.13 bits per heavy atom. The maximum absolute atomic E-state index is 13.6. The molecular weight excluding hydrogens is 400 g/mol. The van der Waals surface area contributed by atoms with Gasteiger partial charge < -0.3 is 9.32 Å². The number of aryl methyl sites for hydroxylation is 2. The largest absolute Gasteiger partial charge is 0.467 e. The van der Waals surface area contributed by atoms with Crippen molar-refractivity contribution in [2.45, 2.75) is 38.1 Å². The molecule has 30 heavy (non-hydrogen) atoms. The van der Waals surface area contributed by atoms with Crippen molar-refractivity contribution in [1.29, 1.82) is 0 Å². The van der Waals surface area contributed by atoms with Crippen molar-refractivity contribution in [2.75, 3.05) is 15.7 Å². The minimum Gasteiger partial charge on any atom is -0.467 e. The van der Waals surface area contributed by atoms with Gasteiger partial charge in [0.1, 0.15) is 5.76 Å². The van der Waals surface area contributed by atoms with E-state index in [0.29, 0.717) is 18.0 Å². The van der Waals surface area contributed by atoms with Crippen molar-refractivity contribution in [3.63, 3.8) is 0 Å². The van der Waals surface area contributed by atoms with Crippen LogP contribution < -0.4 is 9.21 Å². The van der Waals surface area contributed by atoms with Crippen molar-refractivity contribution in [2.24, 2.45) is 0 Å². The Balaban J connectivity index is 1.76. The van der Waals surface area contributed by atoms with Crippen LogP contribution in [0.4, 0.5) is 11.4 Å². The molecule has 4 rings (SSSR count). The minimum absolute atomic E-state index is 0.0364. The van der Waals surface area contributed by atoms with E-state index < -0.39 is 10.0 Å². The number of amides is 1. The van der Waals surface area contributed by atoms with Crippen LogP contribution in [0.2, 0.25) is 0 Å². The van der Waals surface area contributed by atoms with E-state index in [4.69, 9.17) is 4.42 Å². The summed E-state index contributed by atoms with van der Waals surface area (Å²) in [5.74, 6) is 0.519. The number of rotatable bonds is 5. The van der Waals surface area contributed by atoms with Gasteiger partial charge in [-0.05, 0) is 67.8 Å². The SMILES string of the molecule is CC(=O)N1CCCc2cc(S(=O)(=O)N(Cc3ccco3)c3ccc(C)cc3)ccc21. The third-order valence-corrected chi connectivity index (χ3v) is 7.11. The predicted octanol–water partition coefficient (Wildman–Crippen LogP) is 4.28. The van der Waals surface area contributed by atoms with Gasteiger partial charge in [-0.2, -0.15) is 0 Å². The molecule has 2 heterocycles. The van der Waals surface area contributed by atoms with E-state index in [1.54, 1.807) is 47.4 Å². The van der Waals surface area contributed by atoms with Gasteiger partial charge in [-0.1, -0.05) is 17.7 Å². The zero-order chi connectivity index (χ0) is 21.3. The Kier molecular flexibility index (Phi) is 5.39. The van der Waals surface area contributed by atoms with Crippen LogP contribution >= 0.6 is 0 Å². The number of hydrogen-bond donors (Lipinski definition) is 0. The van der Waals surface area contributed by atoms with Gasteiger partial charge in [-0.15, -0.1) is 0 Å². The van der Waals surface area contributed by atoms with Gasteiger partial charge >= 0.3 is 0 Å². The van der Waals surface area contributed by atoms with Gasteiger partial charge in [0.15, 0.2) is 0 Å². The van der Waals surface area contributed by atoms with Gasteiger partial charge in [0.05, 0.1) is 23.4 Å². The third kappa shape index (κ3) is 3.85. The summed E-state index contributed by atoms with van der Waals surface area (Å²) in [6.07, 6.45) is 3.08. The van der Waals surface area contributed by atoms with Crippen molar-refractivity contribution >= 4 is 27.3 Å². The molecule has 0 unspecified atom stereocenters. The van der Waals surface area contributed by atoms with Crippen molar-refractivity contribution in [1.82, 2.24) is 0 Å². The molecule has 7 heteroatoms. The van der Waals surface area contributed by atoms with Gasteiger partial charge in [0.25, 0.3) is 10.0 Å². The zero-order valence-electron chi connectivity index (χ0n) is 17.0. The maximum Gasteiger partial charge on any atom is 0.264 e. The minimum atomic E-state index is -3.84. The monoisotopic (exact) mass is 424 g/mol. The number of furan rings is 1. The Morgan fingerprint density at radius 3 is 2.57 bits per heavy atom. The second kappa shape index (κ2) is 7.99. The van der Waals surface area contributed by atoms with E-state index in [0.717, 1.165) is 29.7 Å². The zero-order valence-corrected chi connectivity index (χ0v) is 17.9. The second-order valence-electron chi connectivity index (χ2n) is 7.49.